The molecule has 0 fully saturated rings. The molecule has 2 aromatic carbocycles. The summed E-state index contributed by atoms with van der Waals surface area (Å²) >= 11 is 0. The lowest BCUT2D eigenvalue weighted by Gasteiger charge is -2.19. The van der Waals surface area contributed by atoms with Crippen molar-refractivity contribution in [1.29, 1.82) is 0 Å². The van der Waals surface area contributed by atoms with E-state index in [0.717, 1.165) is 66.7 Å². The lowest BCUT2D eigenvalue weighted by molar-refractivity contribution is -0.121. The highest BCUT2D eigenvalue weighted by Gasteiger charge is 2.24. The highest BCUT2D eigenvalue weighted by Crippen LogP contribution is 2.29. The number of carbonyl (C=O) groups excluding carboxylic acids is 2. The van der Waals surface area contributed by atoms with Crippen LogP contribution >= 0.6 is 0 Å². The Labute approximate surface area is 308 Å². The zero-order chi connectivity index (χ0) is 37.7. The summed E-state index contributed by atoms with van der Waals surface area (Å²) in [5.74, 6) is 1.47. The monoisotopic (exact) mass is 715 g/mol. The first kappa shape index (κ1) is 41.6. The fraction of sp³-hybridized carbons (Fsp3) is 0.500. The second kappa shape index (κ2) is 22.2. The average Bonchev–Trinajstić information content (AvgIpc) is 3.68. The molecule has 2 heterocycles. The number of rotatable bonds is 19. The third-order valence-electron chi connectivity index (χ3n) is 7.87. The number of benzene rings is 2. The molecule has 0 aliphatic heterocycles. The molecule has 12 nitrogen and oxygen atoms in total. The van der Waals surface area contributed by atoms with Crippen LogP contribution in [0.15, 0.2) is 72.8 Å². The van der Waals surface area contributed by atoms with Crippen LogP contribution in [0.2, 0.25) is 0 Å². The van der Waals surface area contributed by atoms with Crippen LogP contribution in [-0.2, 0) is 19.7 Å². The van der Waals surface area contributed by atoms with Crippen LogP contribution in [0.4, 0.5) is 4.79 Å². The van der Waals surface area contributed by atoms with E-state index in [1.807, 2.05) is 63.2 Å². The minimum absolute atomic E-state index is 0.0685. The Kier molecular flexibility index (Phi) is 17.7. The van der Waals surface area contributed by atoms with Crippen molar-refractivity contribution in [3.8, 4) is 28.3 Å². The SMILES string of the molecule is CC(C)(CCCCOc1cc(-c2ccccc2)cc(-c2ccccc2)n1)c1nn[nH]n1.CCCCCC(=O)NCCOCCNC(=O)OC(C)(C)C. The predicted octanol–water partition coefficient (Wildman–Crippen LogP) is 7.68. The highest BCUT2D eigenvalue weighted by molar-refractivity contribution is 5.75. The molecule has 0 aliphatic rings. The normalized spacial score (nSPS) is 11.3. The lowest BCUT2D eigenvalue weighted by Crippen LogP contribution is -2.34. The summed E-state index contributed by atoms with van der Waals surface area (Å²) in [4.78, 5) is 27.5. The number of ether oxygens (including phenoxy) is 3. The van der Waals surface area contributed by atoms with Crippen molar-refractivity contribution in [1.82, 2.24) is 36.2 Å². The molecule has 0 spiro atoms. The Morgan fingerprint density at radius 3 is 2.08 bits per heavy atom. The van der Waals surface area contributed by atoms with Gasteiger partial charge in [0, 0.05) is 36.6 Å². The smallest absolute Gasteiger partial charge is 0.407 e. The van der Waals surface area contributed by atoms with Gasteiger partial charge in [0.05, 0.1) is 25.5 Å². The van der Waals surface area contributed by atoms with E-state index < -0.39 is 11.7 Å². The van der Waals surface area contributed by atoms with Crippen molar-refractivity contribution in [2.45, 2.75) is 97.5 Å². The van der Waals surface area contributed by atoms with Gasteiger partial charge in [0.15, 0.2) is 5.82 Å². The fourth-order valence-electron chi connectivity index (χ4n) is 5.07. The van der Waals surface area contributed by atoms with Gasteiger partial charge in [-0.15, -0.1) is 10.2 Å². The predicted molar refractivity (Wildman–Crippen MR) is 204 cm³/mol. The topological polar surface area (TPSA) is 153 Å². The Bertz CT molecular complexity index is 1520. The van der Waals surface area contributed by atoms with Gasteiger partial charge in [-0.05, 0) is 63.6 Å². The largest absolute Gasteiger partial charge is 0.478 e. The molecule has 2 aromatic heterocycles. The van der Waals surface area contributed by atoms with Crippen LogP contribution in [0.1, 0.15) is 92.3 Å². The second-order valence-electron chi connectivity index (χ2n) is 14.1. The van der Waals surface area contributed by atoms with E-state index in [4.69, 9.17) is 19.2 Å². The first-order valence-electron chi connectivity index (χ1n) is 18.3. The van der Waals surface area contributed by atoms with E-state index >= 15 is 0 Å². The number of hydrogen-bond acceptors (Lipinski definition) is 9. The van der Waals surface area contributed by atoms with Gasteiger partial charge in [0.1, 0.15) is 5.60 Å². The zero-order valence-electron chi connectivity index (χ0n) is 31.7. The van der Waals surface area contributed by atoms with Crippen LogP contribution < -0.4 is 15.4 Å². The highest BCUT2D eigenvalue weighted by atomic mass is 16.6. The molecule has 0 unspecified atom stereocenters. The summed E-state index contributed by atoms with van der Waals surface area (Å²) in [5, 5.41) is 19.8. The van der Waals surface area contributed by atoms with Crippen molar-refractivity contribution in [2.75, 3.05) is 32.9 Å². The van der Waals surface area contributed by atoms with Gasteiger partial charge in [0.25, 0.3) is 0 Å². The zero-order valence-corrected chi connectivity index (χ0v) is 31.7. The van der Waals surface area contributed by atoms with Gasteiger partial charge >= 0.3 is 6.09 Å². The molecule has 0 saturated heterocycles. The number of tetrazole rings is 1. The number of aromatic nitrogens is 5. The summed E-state index contributed by atoms with van der Waals surface area (Å²) in [7, 11) is 0. The van der Waals surface area contributed by atoms with E-state index in [1.54, 1.807) is 0 Å². The first-order valence-corrected chi connectivity index (χ1v) is 18.3. The standard InChI is InChI=1S/C25H27N5O.C15H30N2O4/c1-25(2,24-27-29-30-28-24)15-9-10-16-31-23-18-21(19-11-5-3-6-12-19)17-22(26-23)20-13-7-4-8-14-20;1-5-6-7-8-13(18)16-9-11-20-12-10-17-14(19)21-15(2,3)4/h3-8,11-14,17-18H,9-10,15-16H2,1-2H3,(H,27,28,29,30);5-12H2,1-4H3,(H,16,18)(H,17,19). The number of nitrogens with one attached hydrogen (secondary N) is 3. The van der Waals surface area contributed by atoms with Crippen molar-refractivity contribution in [3.05, 3.63) is 78.6 Å². The molecule has 0 atom stereocenters. The third-order valence-corrected chi connectivity index (χ3v) is 7.87. The minimum Gasteiger partial charge on any atom is -0.478 e. The Balaban J connectivity index is 0.000000306. The van der Waals surface area contributed by atoms with Crippen molar-refractivity contribution >= 4 is 12.0 Å². The molecule has 12 heteroatoms. The van der Waals surface area contributed by atoms with Crippen LogP contribution in [-0.4, -0.2) is 76.1 Å². The molecule has 3 N–H and O–H groups in total. The first-order chi connectivity index (χ1) is 25.0. The van der Waals surface area contributed by atoms with Crippen LogP contribution in [0, 0.1) is 0 Å². The number of aromatic amines is 1. The number of alkyl carbamates (subject to hydrolysis) is 1. The van der Waals surface area contributed by atoms with Gasteiger partial charge < -0.3 is 24.8 Å². The maximum absolute atomic E-state index is 11.4. The molecule has 2 amide bonds. The van der Waals surface area contributed by atoms with Gasteiger partial charge in [-0.1, -0.05) is 99.5 Å². The Morgan fingerprint density at radius 1 is 0.769 bits per heavy atom. The quantitative estimate of drug-likeness (QED) is 0.0830. The molecule has 0 bridgehead atoms. The average molecular weight is 716 g/mol. The molecule has 0 aliphatic carbocycles. The summed E-state index contributed by atoms with van der Waals surface area (Å²) in [5.41, 5.74) is 3.63. The van der Waals surface area contributed by atoms with E-state index in [1.165, 1.54) is 0 Å². The van der Waals surface area contributed by atoms with Gasteiger partial charge in [-0.25, -0.2) is 9.78 Å². The van der Waals surface area contributed by atoms with Gasteiger partial charge in [0.2, 0.25) is 11.8 Å². The van der Waals surface area contributed by atoms with Crippen LogP contribution in [0.5, 0.6) is 5.88 Å². The molecule has 4 rings (SSSR count). The fourth-order valence-corrected chi connectivity index (χ4v) is 5.07. The number of unbranched alkanes of at least 4 members (excludes halogenated alkanes) is 3. The van der Waals surface area contributed by atoms with Crippen molar-refractivity contribution in [2.24, 2.45) is 0 Å². The number of pyridine rings is 1. The minimum atomic E-state index is -0.493. The molecule has 0 radical (unpaired) electrons. The summed E-state index contributed by atoms with van der Waals surface area (Å²) in [6.45, 7) is 14.1. The third kappa shape index (κ3) is 16.5. The summed E-state index contributed by atoms with van der Waals surface area (Å²) in [6, 6.07) is 24.7. The van der Waals surface area contributed by atoms with Crippen molar-refractivity contribution < 1.29 is 23.8 Å². The van der Waals surface area contributed by atoms with Gasteiger partial charge in [-0.2, -0.15) is 5.21 Å². The van der Waals surface area contributed by atoms with E-state index in [-0.39, 0.29) is 11.3 Å². The summed E-state index contributed by atoms with van der Waals surface area (Å²) in [6.07, 6.45) is 6.15. The number of H-pyrrole nitrogens is 1. The van der Waals surface area contributed by atoms with Crippen molar-refractivity contribution in [3.63, 3.8) is 0 Å². The van der Waals surface area contributed by atoms with E-state index in [0.29, 0.717) is 45.2 Å². The lowest BCUT2D eigenvalue weighted by atomic mass is 9.86. The molecule has 282 valence electrons. The number of carbonyl (C=O) groups is 2. The van der Waals surface area contributed by atoms with Gasteiger partial charge in [-0.3, -0.25) is 4.79 Å². The van der Waals surface area contributed by atoms with E-state index in [2.05, 4.69) is 82.4 Å². The van der Waals surface area contributed by atoms with Crippen LogP contribution in [0.3, 0.4) is 0 Å². The Morgan fingerprint density at radius 2 is 1.44 bits per heavy atom. The number of nitrogens with zero attached hydrogens (tertiary/aromatic N) is 4. The molecule has 4 aromatic rings. The maximum Gasteiger partial charge on any atom is 0.407 e. The number of amides is 2. The molecular formula is C40H57N7O5. The second-order valence-corrected chi connectivity index (χ2v) is 14.1. The van der Waals surface area contributed by atoms with E-state index in [9.17, 15) is 9.59 Å². The molecular weight excluding hydrogens is 658 g/mol. The molecule has 0 saturated carbocycles. The number of hydrogen-bond donors (Lipinski definition) is 3. The summed E-state index contributed by atoms with van der Waals surface area (Å²) < 4.78 is 16.5. The molecule has 52 heavy (non-hydrogen) atoms. The maximum atomic E-state index is 11.4. The Hall–Kier alpha value is -4.84. The van der Waals surface area contributed by atoms with Crippen LogP contribution in [0.25, 0.3) is 22.4 Å².